The van der Waals surface area contributed by atoms with Crippen LogP contribution in [0.4, 0.5) is 4.39 Å². The van der Waals surface area contributed by atoms with Crippen LogP contribution in [-0.2, 0) is 35.4 Å². The molecule has 5 fully saturated rings. The molecule has 4 saturated heterocycles. The molecule has 8 nitrogen and oxygen atoms in total. The number of hydrogen-bond donors (Lipinski definition) is 1. The second-order valence-electron chi connectivity index (χ2n) is 12.4. The summed E-state index contributed by atoms with van der Waals surface area (Å²) in [4.78, 5) is 37.4. The van der Waals surface area contributed by atoms with Gasteiger partial charge in [-0.05, 0) is 67.9 Å². The Morgan fingerprint density at radius 1 is 1.09 bits per heavy atom. The molecular weight excluding hydrogens is 577 g/mol. The highest BCUT2D eigenvalue weighted by molar-refractivity contribution is 6.30. The minimum Gasteiger partial charge on any atom is -0.367 e. The summed E-state index contributed by atoms with van der Waals surface area (Å²) in [6.07, 6.45) is 5.26. The zero-order valence-electron chi connectivity index (χ0n) is 24.5. The molecule has 1 amide bonds. The number of rotatable bonds is 8. The summed E-state index contributed by atoms with van der Waals surface area (Å²) in [5.74, 6) is -1.11. The van der Waals surface area contributed by atoms with Crippen molar-refractivity contribution in [2.45, 2.75) is 77.0 Å². The summed E-state index contributed by atoms with van der Waals surface area (Å²) in [7, 11) is 0. The first-order valence-electron chi connectivity index (χ1n) is 14.9. The first-order valence-corrected chi connectivity index (χ1v) is 15.3. The zero-order chi connectivity index (χ0) is 30.4. The largest absolute Gasteiger partial charge is 0.367 e. The van der Waals surface area contributed by atoms with Crippen molar-refractivity contribution >= 4 is 29.4 Å². The minimum atomic E-state index is -0.874. The van der Waals surface area contributed by atoms with Crippen LogP contribution in [0, 0.1) is 29.5 Å². The summed E-state index contributed by atoms with van der Waals surface area (Å²) in [5, 5.41) is 3.29. The Kier molecular flexibility index (Phi) is 8.49. The van der Waals surface area contributed by atoms with E-state index >= 15 is 0 Å². The summed E-state index contributed by atoms with van der Waals surface area (Å²) in [6, 6.07) is 11.1. The van der Waals surface area contributed by atoms with Crippen LogP contribution in [0.5, 0.6) is 0 Å². The van der Waals surface area contributed by atoms with Gasteiger partial charge < -0.3 is 19.5 Å². The molecule has 1 aliphatic carbocycles. The van der Waals surface area contributed by atoms with E-state index in [9.17, 15) is 14.0 Å². The Bertz CT molecular complexity index is 1400. The highest BCUT2D eigenvalue weighted by Crippen LogP contribution is 2.60. The molecule has 230 valence electrons. The summed E-state index contributed by atoms with van der Waals surface area (Å²) >= 11 is 5.78. The van der Waals surface area contributed by atoms with Gasteiger partial charge in [-0.2, -0.15) is 0 Å². The second-order valence-corrected chi connectivity index (χ2v) is 12.9. The molecule has 2 aromatic carbocycles. The highest BCUT2D eigenvalue weighted by atomic mass is 35.5. The Morgan fingerprint density at radius 2 is 1.88 bits per heavy atom. The molecule has 4 aliphatic heterocycles. The van der Waals surface area contributed by atoms with E-state index in [0.717, 1.165) is 31.2 Å². The highest BCUT2D eigenvalue weighted by Gasteiger charge is 2.69. The number of hydrogen-bond acceptors (Lipinski definition) is 7. The first-order chi connectivity index (χ1) is 20.6. The lowest BCUT2D eigenvalue weighted by Crippen LogP contribution is -2.72. The fourth-order valence-corrected chi connectivity index (χ4v) is 7.35. The van der Waals surface area contributed by atoms with Gasteiger partial charge in [0, 0.05) is 34.4 Å². The molecule has 2 aromatic rings. The smallest absolute Gasteiger partial charge is 0.248 e. The second kappa shape index (κ2) is 12.0. The molecule has 43 heavy (non-hydrogen) atoms. The monoisotopic (exact) mass is 613 g/mol. The summed E-state index contributed by atoms with van der Waals surface area (Å²) in [5.41, 5.74) is 0.847. The van der Waals surface area contributed by atoms with E-state index in [2.05, 4.69) is 19.2 Å². The number of ketones is 1. The Morgan fingerprint density at radius 3 is 2.65 bits per heavy atom. The Labute approximate surface area is 255 Å². The van der Waals surface area contributed by atoms with Gasteiger partial charge in [0.25, 0.3) is 0 Å². The lowest BCUT2D eigenvalue weighted by Gasteiger charge is -2.60. The predicted octanol–water partition coefficient (Wildman–Crippen LogP) is 6.22. The molecule has 7 rings (SSSR count). The molecular formula is C33H37ClFNO7. The SMILES string of the molecule is C[C@H]1[C@H](NC(=O)COCc2ccc(C(=O)/C=C/c3ccc(Cl)cc3F)cc2)O[C@@H]2O[C@@]3(C)CC[C@H]4[C@H](C)CC[C@@H]1[C@@]24OO3. The van der Waals surface area contributed by atoms with E-state index in [4.69, 9.17) is 35.6 Å². The normalized spacial score (nSPS) is 34.9. The van der Waals surface area contributed by atoms with Crippen molar-refractivity contribution in [2.75, 3.05) is 6.61 Å². The third kappa shape index (κ3) is 5.91. The number of carbonyl (C=O) groups is 2. The third-order valence-electron chi connectivity index (χ3n) is 9.58. The molecule has 10 heteroatoms. The molecule has 5 aliphatic rings. The van der Waals surface area contributed by atoms with E-state index in [1.165, 1.54) is 24.3 Å². The van der Waals surface area contributed by atoms with Gasteiger partial charge >= 0.3 is 0 Å². The van der Waals surface area contributed by atoms with Crippen molar-refractivity contribution < 1.29 is 38.0 Å². The van der Waals surface area contributed by atoms with Gasteiger partial charge in [-0.25, -0.2) is 14.2 Å². The maximum Gasteiger partial charge on any atom is 0.248 e. The van der Waals surface area contributed by atoms with E-state index in [1.807, 2.05) is 6.92 Å². The van der Waals surface area contributed by atoms with Crippen LogP contribution in [0.3, 0.4) is 0 Å². The van der Waals surface area contributed by atoms with Gasteiger partial charge in [0.05, 0.1) is 6.61 Å². The summed E-state index contributed by atoms with van der Waals surface area (Å²) in [6.45, 7) is 6.26. The molecule has 1 saturated carbocycles. The molecule has 8 atom stereocenters. The van der Waals surface area contributed by atoms with Crippen molar-refractivity contribution in [2.24, 2.45) is 23.7 Å². The van der Waals surface area contributed by atoms with E-state index in [1.54, 1.807) is 30.3 Å². The number of ether oxygens (including phenoxy) is 3. The number of amides is 1. The van der Waals surface area contributed by atoms with Gasteiger partial charge in [-0.1, -0.05) is 55.8 Å². The molecule has 4 heterocycles. The number of carbonyl (C=O) groups excluding carboxylic acids is 2. The van der Waals surface area contributed by atoms with E-state index < -0.39 is 29.7 Å². The van der Waals surface area contributed by atoms with Crippen LogP contribution >= 0.6 is 11.6 Å². The molecule has 1 N–H and O–H groups in total. The van der Waals surface area contributed by atoms with Crippen molar-refractivity contribution in [3.05, 3.63) is 76.1 Å². The summed E-state index contributed by atoms with van der Waals surface area (Å²) < 4.78 is 32.4. The van der Waals surface area contributed by atoms with Gasteiger partial charge in [-0.15, -0.1) is 0 Å². The van der Waals surface area contributed by atoms with Crippen LogP contribution in [-0.4, -0.2) is 42.2 Å². The molecule has 1 spiro atoms. The maximum atomic E-state index is 14.0. The van der Waals surface area contributed by atoms with Crippen LogP contribution < -0.4 is 5.32 Å². The number of benzene rings is 2. The number of nitrogens with one attached hydrogen (secondary N) is 1. The Hall–Kier alpha value is -2.66. The van der Waals surface area contributed by atoms with Crippen molar-refractivity contribution in [3.63, 3.8) is 0 Å². The van der Waals surface area contributed by atoms with E-state index in [-0.39, 0.29) is 48.2 Å². The molecule has 0 unspecified atom stereocenters. The van der Waals surface area contributed by atoms with Crippen molar-refractivity contribution in [3.8, 4) is 0 Å². The average molecular weight is 614 g/mol. The van der Waals surface area contributed by atoms with Crippen LogP contribution in [0.1, 0.15) is 67.9 Å². The standard InChI is InChI=1S/C33H37ClFNO7/c1-19-4-12-26-20(2)30(40-31-33(26)25(19)14-15-32(3,41-31)42-43-33)36-29(38)18-39-17-21-5-7-23(8-6-21)28(37)13-10-22-9-11-24(34)16-27(22)35/h5-11,13,16,19-20,25-26,30-31H,4,12,14-15,17-18H2,1-3H3,(H,36,38)/b13-10+/t19-,20-,25+,26+,30-,31-,32-,33-/m1/s1. The van der Waals surface area contributed by atoms with Gasteiger partial charge in [0.1, 0.15) is 18.7 Å². The van der Waals surface area contributed by atoms with Crippen LogP contribution in [0.15, 0.2) is 48.5 Å². The zero-order valence-corrected chi connectivity index (χ0v) is 25.3. The van der Waals surface area contributed by atoms with Gasteiger partial charge in [-0.3, -0.25) is 9.59 Å². The number of fused-ring (bicyclic) bond motifs is 2. The van der Waals surface area contributed by atoms with Crippen LogP contribution in [0.25, 0.3) is 6.08 Å². The van der Waals surface area contributed by atoms with E-state index in [0.29, 0.717) is 16.5 Å². The van der Waals surface area contributed by atoms with Crippen molar-refractivity contribution in [1.29, 1.82) is 0 Å². The minimum absolute atomic E-state index is 0.0137. The Balaban J connectivity index is 1.02. The topological polar surface area (TPSA) is 92.3 Å². The molecule has 2 bridgehead atoms. The van der Waals surface area contributed by atoms with Crippen LogP contribution in [0.2, 0.25) is 5.02 Å². The maximum absolute atomic E-state index is 14.0. The lowest BCUT2D eigenvalue weighted by molar-refractivity contribution is -0.571. The fraction of sp³-hybridized carbons (Fsp3) is 0.515. The quantitative estimate of drug-likeness (QED) is 0.215. The molecule has 0 aromatic heterocycles. The van der Waals surface area contributed by atoms with Crippen molar-refractivity contribution in [1.82, 2.24) is 5.32 Å². The predicted molar refractivity (Wildman–Crippen MR) is 156 cm³/mol. The third-order valence-corrected chi connectivity index (χ3v) is 9.81. The number of halogens is 2. The number of allylic oxidation sites excluding steroid dienone is 1. The van der Waals surface area contributed by atoms with Gasteiger partial charge in [0.15, 0.2) is 17.7 Å². The first kappa shape index (κ1) is 30.4. The lowest BCUT2D eigenvalue weighted by atomic mass is 9.58. The molecule has 0 radical (unpaired) electrons. The fourth-order valence-electron chi connectivity index (χ4n) is 7.20. The van der Waals surface area contributed by atoms with Gasteiger partial charge in [0.2, 0.25) is 11.7 Å². The average Bonchev–Trinajstić information content (AvgIpc) is 3.21.